The molecule has 6 rings (SSSR count). The Morgan fingerprint density at radius 2 is 2.06 bits per heavy atom. The Hall–Kier alpha value is -3.71. The summed E-state index contributed by atoms with van der Waals surface area (Å²) in [6.07, 6.45) is 3.16. The maximum absolute atomic E-state index is 14.6. The highest BCUT2D eigenvalue weighted by Crippen LogP contribution is 2.35. The Kier molecular flexibility index (Phi) is 3.73. The summed E-state index contributed by atoms with van der Waals surface area (Å²) in [7, 11) is 0. The topological polar surface area (TPSA) is 76.7 Å². The van der Waals surface area contributed by atoms with Crippen LogP contribution in [0.3, 0.4) is 0 Å². The van der Waals surface area contributed by atoms with E-state index >= 15 is 0 Å². The van der Waals surface area contributed by atoms with Crippen molar-refractivity contribution >= 4 is 55.5 Å². The van der Waals surface area contributed by atoms with Crippen molar-refractivity contribution in [3.8, 4) is 0 Å². The summed E-state index contributed by atoms with van der Waals surface area (Å²) < 4.78 is 21.8. The average molecular weight is 433 g/mol. The quantitative estimate of drug-likeness (QED) is 0.401. The molecule has 0 spiro atoms. The number of halogens is 2. The molecule has 0 aliphatic carbocycles. The minimum Gasteiger partial charge on any atom is -0.402 e. The molecule has 152 valence electrons. The SMILES string of the molecule is Cc1cc2c3c4cccnc4oc(=O)c3n(Cc3cc4nc[nH]c4cc3Cl)c2cc1F. The Morgan fingerprint density at radius 1 is 1.19 bits per heavy atom. The molecule has 0 atom stereocenters. The van der Waals surface area contributed by atoms with Gasteiger partial charge < -0.3 is 14.0 Å². The van der Waals surface area contributed by atoms with Crippen molar-refractivity contribution in [1.82, 2.24) is 19.5 Å². The van der Waals surface area contributed by atoms with Crippen LogP contribution in [0.15, 0.2) is 58.1 Å². The molecule has 4 aromatic heterocycles. The molecule has 0 amide bonds. The van der Waals surface area contributed by atoms with Crippen LogP contribution >= 0.6 is 11.6 Å². The number of aromatic nitrogens is 4. The van der Waals surface area contributed by atoms with Gasteiger partial charge in [-0.05, 0) is 54.4 Å². The number of hydrogen-bond donors (Lipinski definition) is 1. The zero-order valence-electron chi connectivity index (χ0n) is 16.2. The first-order chi connectivity index (χ1) is 15.0. The number of nitrogens with zero attached hydrogens (tertiary/aromatic N) is 3. The fraction of sp³-hybridized carbons (Fsp3) is 0.0870. The van der Waals surface area contributed by atoms with Crippen LogP contribution in [0.1, 0.15) is 11.1 Å². The van der Waals surface area contributed by atoms with Gasteiger partial charge in [-0.15, -0.1) is 0 Å². The van der Waals surface area contributed by atoms with Crippen LogP contribution in [-0.2, 0) is 6.54 Å². The molecule has 0 bridgehead atoms. The second kappa shape index (κ2) is 6.39. The van der Waals surface area contributed by atoms with Gasteiger partial charge in [0.25, 0.3) is 0 Å². The van der Waals surface area contributed by atoms with Gasteiger partial charge >= 0.3 is 5.63 Å². The highest BCUT2D eigenvalue weighted by molar-refractivity contribution is 6.32. The summed E-state index contributed by atoms with van der Waals surface area (Å²) in [4.78, 5) is 24.5. The number of hydrogen-bond acceptors (Lipinski definition) is 4. The minimum absolute atomic E-state index is 0.247. The highest BCUT2D eigenvalue weighted by Gasteiger charge is 2.21. The highest BCUT2D eigenvalue weighted by atomic mass is 35.5. The summed E-state index contributed by atoms with van der Waals surface area (Å²) in [5.41, 5.74) is 3.46. The molecule has 8 heteroatoms. The molecule has 2 aromatic carbocycles. The number of imidazole rings is 1. The van der Waals surface area contributed by atoms with E-state index in [2.05, 4.69) is 15.0 Å². The number of nitrogens with one attached hydrogen (secondary N) is 1. The molecule has 31 heavy (non-hydrogen) atoms. The number of fused-ring (bicyclic) bond motifs is 6. The van der Waals surface area contributed by atoms with E-state index in [1.54, 1.807) is 42.2 Å². The predicted molar refractivity (Wildman–Crippen MR) is 118 cm³/mol. The molecular weight excluding hydrogens is 419 g/mol. The average Bonchev–Trinajstić information content (AvgIpc) is 3.32. The summed E-state index contributed by atoms with van der Waals surface area (Å²) in [5, 5.41) is 2.66. The van der Waals surface area contributed by atoms with Crippen molar-refractivity contribution in [2.45, 2.75) is 13.5 Å². The van der Waals surface area contributed by atoms with Gasteiger partial charge in [0.2, 0.25) is 5.71 Å². The van der Waals surface area contributed by atoms with Gasteiger partial charge in [-0.25, -0.2) is 19.2 Å². The fourth-order valence-corrected chi connectivity index (χ4v) is 4.44. The maximum Gasteiger partial charge on any atom is 0.362 e. The first-order valence-corrected chi connectivity index (χ1v) is 10.0. The van der Waals surface area contributed by atoms with E-state index in [9.17, 15) is 9.18 Å². The molecular formula is C23H14ClFN4O2. The number of aromatic amines is 1. The van der Waals surface area contributed by atoms with E-state index < -0.39 is 5.63 Å². The van der Waals surface area contributed by atoms with E-state index in [1.165, 1.54) is 6.07 Å². The standard InChI is InChI=1S/C23H14ClFN4O2/c1-11-5-14-19(8-16(11)25)29(9-12-6-17-18(7-15(12)24)28-10-27-17)21-20(14)13-3-2-4-26-22(13)31-23(21)30/h2-8,10H,9H2,1H3,(H,27,28). The van der Waals surface area contributed by atoms with Crippen LogP contribution in [0.2, 0.25) is 5.02 Å². The summed E-state index contributed by atoms with van der Waals surface area (Å²) in [5.74, 6) is -0.350. The lowest BCUT2D eigenvalue weighted by Gasteiger charge is -2.09. The molecule has 0 unspecified atom stereocenters. The molecule has 0 aliphatic rings. The van der Waals surface area contributed by atoms with E-state index in [0.29, 0.717) is 32.4 Å². The lowest BCUT2D eigenvalue weighted by Crippen LogP contribution is -2.09. The van der Waals surface area contributed by atoms with Gasteiger partial charge in [-0.1, -0.05) is 11.6 Å². The molecule has 0 radical (unpaired) electrons. The Labute approximate surface area is 178 Å². The zero-order chi connectivity index (χ0) is 21.3. The van der Waals surface area contributed by atoms with Gasteiger partial charge in [0, 0.05) is 33.9 Å². The summed E-state index contributed by atoms with van der Waals surface area (Å²) >= 11 is 6.52. The van der Waals surface area contributed by atoms with Gasteiger partial charge in [-0.2, -0.15) is 0 Å². The monoisotopic (exact) mass is 432 g/mol. The third kappa shape index (κ3) is 2.60. The Bertz CT molecular complexity index is 1730. The molecule has 6 nitrogen and oxygen atoms in total. The smallest absolute Gasteiger partial charge is 0.362 e. The first-order valence-electron chi connectivity index (χ1n) is 9.62. The zero-order valence-corrected chi connectivity index (χ0v) is 17.0. The normalized spacial score (nSPS) is 12.0. The van der Waals surface area contributed by atoms with Crippen LogP contribution in [0.4, 0.5) is 4.39 Å². The van der Waals surface area contributed by atoms with E-state index in [-0.39, 0.29) is 18.1 Å². The summed E-state index contributed by atoms with van der Waals surface area (Å²) in [6.45, 7) is 1.95. The second-order valence-electron chi connectivity index (χ2n) is 7.54. The fourth-order valence-electron chi connectivity index (χ4n) is 4.22. The van der Waals surface area contributed by atoms with Gasteiger partial charge in [0.15, 0.2) is 0 Å². The first kappa shape index (κ1) is 18.1. The van der Waals surface area contributed by atoms with Crippen molar-refractivity contribution in [1.29, 1.82) is 0 Å². The van der Waals surface area contributed by atoms with Gasteiger partial charge in [0.05, 0.1) is 22.9 Å². The molecule has 0 saturated heterocycles. The Balaban J connectivity index is 1.75. The maximum atomic E-state index is 14.6. The lowest BCUT2D eigenvalue weighted by molar-refractivity contribution is 0.553. The molecule has 0 fully saturated rings. The second-order valence-corrected chi connectivity index (χ2v) is 7.94. The molecule has 4 heterocycles. The number of H-pyrrole nitrogens is 1. The molecule has 1 N–H and O–H groups in total. The molecule has 0 aliphatic heterocycles. The summed E-state index contributed by atoms with van der Waals surface area (Å²) in [6, 6.07) is 10.5. The van der Waals surface area contributed by atoms with Crippen molar-refractivity contribution in [2.24, 2.45) is 0 Å². The van der Waals surface area contributed by atoms with Gasteiger partial charge in [-0.3, -0.25) is 0 Å². The molecule has 6 aromatic rings. The largest absolute Gasteiger partial charge is 0.402 e. The third-order valence-electron chi connectivity index (χ3n) is 5.68. The third-order valence-corrected chi connectivity index (χ3v) is 6.04. The number of benzene rings is 2. The van der Waals surface area contributed by atoms with Crippen LogP contribution < -0.4 is 5.63 Å². The predicted octanol–water partition coefficient (Wildman–Crippen LogP) is 5.32. The minimum atomic E-state index is -0.535. The van der Waals surface area contributed by atoms with E-state index in [4.69, 9.17) is 16.0 Å². The number of rotatable bonds is 2. The van der Waals surface area contributed by atoms with E-state index in [1.807, 2.05) is 12.1 Å². The molecule has 0 saturated carbocycles. The van der Waals surface area contributed by atoms with Crippen LogP contribution in [-0.4, -0.2) is 19.5 Å². The number of aryl methyl sites for hydroxylation is 1. The van der Waals surface area contributed by atoms with Gasteiger partial charge in [0.1, 0.15) is 11.3 Å². The van der Waals surface area contributed by atoms with Crippen molar-refractivity contribution in [2.75, 3.05) is 0 Å². The lowest BCUT2D eigenvalue weighted by atomic mass is 10.1. The van der Waals surface area contributed by atoms with Crippen LogP contribution in [0.25, 0.3) is 43.9 Å². The Morgan fingerprint density at radius 3 is 2.94 bits per heavy atom. The van der Waals surface area contributed by atoms with Crippen LogP contribution in [0.5, 0.6) is 0 Å². The van der Waals surface area contributed by atoms with Crippen molar-refractivity contribution < 1.29 is 8.81 Å². The number of pyridine rings is 1. The van der Waals surface area contributed by atoms with Crippen molar-refractivity contribution in [3.05, 3.63) is 81.3 Å². The van der Waals surface area contributed by atoms with Crippen LogP contribution in [0, 0.1) is 12.7 Å². The van der Waals surface area contributed by atoms with E-state index in [0.717, 1.165) is 22.0 Å². The van der Waals surface area contributed by atoms with Crippen molar-refractivity contribution in [3.63, 3.8) is 0 Å².